The average molecular weight is 284 g/mol. The summed E-state index contributed by atoms with van der Waals surface area (Å²) in [5.41, 5.74) is -0.638. The Hall–Kier alpha value is -0.650. The normalized spacial score (nSPS) is 26.6. The fraction of sp³-hybridized carbons (Fsp3) is 0.933. The van der Waals surface area contributed by atoms with Gasteiger partial charge in [0.25, 0.3) is 0 Å². The molecule has 3 N–H and O–H groups in total. The molecule has 0 aromatic carbocycles. The maximum absolute atomic E-state index is 11.8. The number of amides is 1. The predicted octanol–water partition coefficient (Wildman–Crippen LogP) is 0.812. The van der Waals surface area contributed by atoms with Crippen molar-refractivity contribution in [2.75, 3.05) is 26.2 Å². The molecule has 0 atom stereocenters. The highest BCUT2D eigenvalue weighted by atomic mass is 16.5. The molecule has 2 aliphatic rings. The van der Waals surface area contributed by atoms with E-state index in [1.54, 1.807) is 0 Å². The number of hydrogen-bond acceptors (Lipinski definition) is 4. The quantitative estimate of drug-likeness (QED) is 0.699. The lowest BCUT2D eigenvalue weighted by Gasteiger charge is -2.40. The Labute approximate surface area is 121 Å². The van der Waals surface area contributed by atoms with Gasteiger partial charge in [0.15, 0.2) is 0 Å². The molecule has 5 nitrogen and oxygen atoms in total. The van der Waals surface area contributed by atoms with Crippen molar-refractivity contribution in [1.82, 2.24) is 10.6 Å². The van der Waals surface area contributed by atoms with Gasteiger partial charge in [0.05, 0.1) is 11.2 Å². The fourth-order valence-corrected chi connectivity index (χ4v) is 2.70. The van der Waals surface area contributed by atoms with E-state index >= 15 is 0 Å². The van der Waals surface area contributed by atoms with Crippen LogP contribution in [0.4, 0.5) is 0 Å². The Kier molecular flexibility index (Phi) is 4.42. The van der Waals surface area contributed by atoms with Crippen molar-refractivity contribution in [1.29, 1.82) is 0 Å². The van der Waals surface area contributed by atoms with Crippen molar-refractivity contribution in [3.63, 3.8) is 0 Å². The molecule has 1 saturated heterocycles. The summed E-state index contributed by atoms with van der Waals surface area (Å²) in [7, 11) is 0. The van der Waals surface area contributed by atoms with Crippen molar-refractivity contribution in [3.8, 4) is 0 Å². The van der Waals surface area contributed by atoms with Gasteiger partial charge in [-0.2, -0.15) is 0 Å². The van der Waals surface area contributed by atoms with Gasteiger partial charge in [0.1, 0.15) is 6.61 Å². The van der Waals surface area contributed by atoms with E-state index in [0.717, 1.165) is 38.8 Å². The van der Waals surface area contributed by atoms with E-state index in [4.69, 9.17) is 4.74 Å². The summed E-state index contributed by atoms with van der Waals surface area (Å²) in [6.45, 7) is 8.44. The van der Waals surface area contributed by atoms with Crippen LogP contribution in [0.1, 0.15) is 46.5 Å². The molecular weight excluding hydrogens is 256 g/mol. The molecular formula is C15H28N2O3. The van der Waals surface area contributed by atoms with E-state index in [2.05, 4.69) is 24.5 Å². The van der Waals surface area contributed by atoms with Crippen molar-refractivity contribution in [2.45, 2.75) is 57.7 Å². The number of rotatable bonds is 5. The molecule has 1 aliphatic heterocycles. The maximum Gasteiger partial charge on any atom is 0.246 e. The van der Waals surface area contributed by atoms with Crippen molar-refractivity contribution in [2.24, 2.45) is 5.41 Å². The summed E-state index contributed by atoms with van der Waals surface area (Å²) < 4.78 is 5.58. The zero-order valence-electron chi connectivity index (χ0n) is 12.9. The van der Waals surface area contributed by atoms with Crippen molar-refractivity contribution >= 4 is 5.91 Å². The van der Waals surface area contributed by atoms with Gasteiger partial charge >= 0.3 is 0 Å². The minimum absolute atomic E-state index is 0.0692. The Morgan fingerprint density at radius 1 is 1.20 bits per heavy atom. The molecule has 0 aromatic heterocycles. The molecule has 1 saturated carbocycles. The van der Waals surface area contributed by atoms with Crippen LogP contribution in [0.3, 0.4) is 0 Å². The van der Waals surface area contributed by atoms with Gasteiger partial charge in [-0.1, -0.05) is 13.8 Å². The van der Waals surface area contributed by atoms with Crippen LogP contribution in [0.5, 0.6) is 0 Å². The third-order valence-electron chi connectivity index (χ3n) is 4.70. The van der Waals surface area contributed by atoms with Crippen LogP contribution >= 0.6 is 0 Å². The topological polar surface area (TPSA) is 70.6 Å². The van der Waals surface area contributed by atoms with Crippen LogP contribution in [0.25, 0.3) is 0 Å². The number of carbonyl (C=O) groups excluding carboxylic acids is 1. The van der Waals surface area contributed by atoms with Crippen LogP contribution in [-0.2, 0) is 9.53 Å². The van der Waals surface area contributed by atoms with E-state index in [9.17, 15) is 9.90 Å². The van der Waals surface area contributed by atoms with Gasteiger partial charge in [0, 0.05) is 19.6 Å². The molecule has 0 spiro atoms. The summed E-state index contributed by atoms with van der Waals surface area (Å²) in [5.74, 6) is -0.142. The first-order valence-corrected chi connectivity index (χ1v) is 7.56. The number of ether oxygens (including phenoxy) is 1. The summed E-state index contributed by atoms with van der Waals surface area (Å²) in [6.07, 6.45) is 3.50. The van der Waals surface area contributed by atoms with E-state index in [-0.39, 0.29) is 18.1 Å². The molecule has 0 aromatic rings. The van der Waals surface area contributed by atoms with E-state index in [0.29, 0.717) is 12.0 Å². The Morgan fingerprint density at radius 2 is 1.80 bits per heavy atom. The first kappa shape index (κ1) is 15.7. The van der Waals surface area contributed by atoms with Crippen molar-refractivity contribution < 1.29 is 14.6 Å². The fourth-order valence-electron chi connectivity index (χ4n) is 2.70. The molecule has 0 unspecified atom stereocenters. The zero-order valence-corrected chi connectivity index (χ0v) is 12.9. The second-order valence-corrected chi connectivity index (χ2v) is 7.51. The third kappa shape index (κ3) is 4.17. The molecule has 20 heavy (non-hydrogen) atoms. The molecule has 0 radical (unpaired) electrons. The highest BCUT2D eigenvalue weighted by molar-refractivity contribution is 5.77. The number of hydrogen-bond donors (Lipinski definition) is 3. The van der Waals surface area contributed by atoms with Gasteiger partial charge in [-0.25, -0.2) is 0 Å². The molecule has 5 heteroatoms. The Balaban J connectivity index is 1.67. The largest absolute Gasteiger partial charge is 0.388 e. The Morgan fingerprint density at radius 3 is 2.30 bits per heavy atom. The molecule has 2 fully saturated rings. The number of nitrogens with one attached hydrogen (secondary N) is 2. The van der Waals surface area contributed by atoms with Gasteiger partial charge in [-0.15, -0.1) is 0 Å². The average Bonchev–Trinajstić information content (AvgIpc) is 2.36. The molecule has 1 heterocycles. The third-order valence-corrected chi connectivity index (χ3v) is 4.70. The summed E-state index contributed by atoms with van der Waals surface area (Å²) in [4.78, 5) is 11.8. The van der Waals surface area contributed by atoms with Gasteiger partial charge in [-0.05, 0) is 38.0 Å². The van der Waals surface area contributed by atoms with Gasteiger partial charge in [-0.3, -0.25) is 4.79 Å². The van der Waals surface area contributed by atoms with Crippen LogP contribution in [0.2, 0.25) is 0 Å². The molecule has 116 valence electrons. The van der Waals surface area contributed by atoms with Gasteiger partial charge in [0.2, 0.25) is 5.91 Å². The molecule has 0 bridgehead atoms. The first-order chi connectivity index (χ1) is 9.22. The highest BCUT2D eigenvalue weighted by Crippen LogP contribution is 2.39. The van der Waals surface area contributed by atoms with Crippen LogP contribution in [0, 0.1) is 5.41 Å². The van der Waals surface area contributed by atoms with Gasteiger partial charge < -0.3 is 20.5 Å². The highest BCUT2D eigenvalue weighted by Gasteiger charge is 2.37. The van der Waals surface area contributed by atoms with E-state index in [1.165, 1.54) is 0 Å². The summed E-state index contributed by atoms with van der Waals surface area (Å²) >= 11 is 0. The molecule has 1 aliphatic carbocycles. The maximum atomic E-state index is 11.8. The van der Waals surface area contributed by atoms with E-state index < -0.39 is 5.60 Å². The second-order valence-electron chi connectivity index (χ2n) is 7.51. The first-order valence-electron chi connectivity index (χ1n) is 7.56. The minimum Gasteiger partial charge on any atom is -0.388 e. The summed E-state index contributed by atoms with van der Waals surface area (Å²) in [6, 6.07) is 0. The standard InChI is InChI=1S/C15H28N2O3/c1-13(2)4-6-15(19,7-5-13)11-17-12(18)8-20-14(3)9-16-10-14/h16,19H,4-11H2,1-3H3,(H,17,18). The number of aliphatic hydroxyl groups is 1. The lowest BCUT2D eigenvalue weighted by atomic mass is 9.71. The Bertz CT molecular complexity index is 354. The van der Waals surface area contributed by atoms with Crippen LogP contribution in [0.15, 0.2) is 0 Å². The predicted molar refractivity (Wildman–Crippen MR) is 77.4 cm³/mol. The summed E-state index contributed by atoms with van der Waals surface area (Å²) in [5, 5.41) is 16.4. The number of carbonyl (C=O) groups is 1. The second kappa shape index (κ2) is 5.62. The van der Waals surface area contributed by atoms with Crippen LogP contribution in [-0.4, -0.2) is 48.5 Å². The lowest BCUT2D eigenvalue weighted by Crippen LogP contribution is -2.59. The minimum atomic E-state index is -0.743. The lowest BCUT2D eigenvalue weighted by molar-refractivity contribution is -0.137. The molecule has 1 amide bonds. The van der Waals surface area contributed by atoms with E-state index in [1.807, 2.05) is 6.92 Å². The smallest absolute Gasteiger partial charge is 0.246 e. The monoisotopic (exact) mass is 284 g/mol. The SMILES string of the molecule is CC1(C)CCC(O)(CNC(=O)COC2(C)CNC2)CC1. The van der Waals surface area contributed by atoms with Crippen LogP contribution < -0.4 is 10.6 Å². The molecule has 2 rings (SSSR count). The zero-order chi connectivity index (χ0) is 14.9. The van der Waals surface area contributed by atoms with Crippen molar-refractivity contribution in [3.05, 3.63) is 0 Å².